The van der Waals surface area contributed by atoms with Gasteiger partial charge in [0.25, 0.3) is 0 Å². The van der Waals surface area contributed by atoms with Crippen LogP contribution in [0.2, 0.25) is 0 Å². The number of benzene rings is 1. The summed E-state index contributed by atoms with van der Waals surface area (Å²) in [6.07, 6.45) is 1.84. The van der Waals surface area contributed by atoms with E-state index in [9.17, 15) is 0 Å². The van der Waals surface area contributed by atoms with Crippen molar-refractivity contribution in [2.24, 2.45) is 7.05 Å². The first-order chi connectivity index (χ1) is 9.15. The van der Waals surface area contributed by atoms with Gasteiger partial charge in [0.1, 0.15) is 5.01 Å². The van der Waals surface area contributed by atoms with Crippen molar-refractivity contribution >= 4 is 23.6 Å². The predicted molar refractivity (Wildman–Crippen MR) is 79.7 cm³/mol. The SMILES string of the molecule is Cc1cccc(-c2ncc(-c3n[nH]c(=S)n3C)s2)c1. The van der Waals surface area contributed by atoms with Crippen molar-refractivity contribution in [1.82, 2.24) is 19.7 Å². The Labute approximate surface area is 119 Å². The Morgan fingerprint density at radius 2 is 2.21 bits per heavy atom. The summed E-state index contributed by atoms with van der Waals surface area (Å²) in [7, 11) is 1.90. The monoisotopic (exact) mass is 288 g/mol. The van der Waals surface area contributed by atoms with Gasteiger partial charge in [-0.05, 0) is 25.2 Å². The Balaban J connectivity index is 2.05. The van der Waals surface area contributed by atoms with Gasteiger partial charge in [-0.2, -0.15) is 5.10 Å². The van der Waals surface area contributed by atoms with Gasteiger partial charge in [-0.3, -0.25) is 5.10 Å². The molecule has 0 unspecified atom stereocenters. The lowest BCUT2D eigenvalue weighted by molar-refractivity contribution is 0.903. The summed E-state index contributed by atoms with van der Waals surface area (Å²) in [6.45, 7) is 2.08. The number of nitrogens with one attached hydrogen (secondary N) is 1. The molecule has 0 amide bonds. The summed E-state index contributed by atoms with van der Waals surface area (Å²) in [6, 6.07) is 8.32. The lowest BCUT2D eigenvalue weighted by Gasteiger charge is -1.97. The molecule has 0 saturated heterocycles. The van der Waals surface area contributed by atoms with E-state index < -0.39 is 0 Å². The van der Waals surface area contributed by atoms with Crippen molar-refractivity contribution < 1.29 is 0 Å². The minimum Gasteiger partial charge on any atom is -0.303 e. The fourth-order valence-electron chi connectivity index (χ4n) is 1.86. The highest BCUT2D eigenvalue weighted by molar-refractivity contribution is 7.71. The van der Waals surface area contributed by atoms with E-state index in [4.69, 9.17) is 12.2 Å². The number of nitrogens with zero attached hydrogens (tertiary/aromatic N) is 3. The van der Waals surface area contributed by atoms with Gasteiger partial charge in [0, 0.05) is 18.8 Å². The zero-order valence-electron chi connectivity index (χ0n) is 10.5. The van der Waals surface area contributed by atoms with Crippen LogP contribution in [-0.4, -0.2) is 19.7 Å². The van der Waals surface area contributed by atoms with Crippen molar-refractivity contribution in [2.75, 3.05) is 0 Å². The fourth-order valence-corrected chi connectivity index (χ4v) is 2.93. The maximum absolute atomic E-state index is 5.12. The van der Waals surface area contributed by atoms with Crippen LogP contribution in [0.15, 0.2) is 30.5 Å². The summed E-state index contributed by atoms with van der Waals surface area (Å²) in [4.78, 5) is 5.48. The topological polar surface area (TPSA) is 46.5 Å². The second kappa shape index (κ2) is 4.71. The Bertz CT molecular complexity index is 782. The van der Waals surface area contributed by atoms with Gasteiger partial charge in [0.15, 0.2) is 10.6 Å². The van der Waals surface area contributed by atoms with E-state index in [-0.39, 0.29) is 0 Å². The molecule has 2 heterocycles. The number of thiazole rings is 1. The molecule has 0 spiro atoms. The van der Waals surface area contributed by atoms with Crippen LogP contribution >= 0.6 is 23.6 Å². The molecule has 1 aromatic carbocycles. The molecule has 3 rings (SSSR count). The first-order valence-corrected chi connectivity index (χ1v) is 7.02. The molecule has 0 aliphatic heterocycles. The van der Waals surface area contributed by atoms with Gasteiger partial charge in [-0.25, -0.2) is 4.98 Å². The van der Waals surface area contributed by atoms with Crippen molar-refractivity contribution in [3.8, 4) is 21.3 Å². The van der Waals surface area contributed by atoms with Crippen LogP contribution in [0.3, 0.4) is 0 Å². The van der Waals surface area contributed by atoms with E-state index in [1.54, 1.807) is 11.3 Å². The molecule has 0 fully saturated rings. The van der Waals surface area contributed by atoms with Crippen molar-refractivity contribution in [2.45, 2.75) is 6.92 Å². The average molecular weight is 288 g/mol. The minimum absolute atomic E-state index is 0.612. The van der Waals surface area contributed by atoms with Crippen LogP contribution in [0.1, 0.15) is 5.56 Å². The molecule has 0 aliphatic rings. The van der Waals surface area contributed by atoms with E-state index in [0.29, 0.717) is 4.77 Å². The van der Waals surface area contributed by atoms with Gasteiger partial charge in [0.2, 0.25) is 0 Å². The van der Waals surface area contributed by atoms with Crippen LogP contribution < -0.4 is 0 Å². The molecule has 0 atom stereocenters. The summed E-state index contributed by atoms with van der Waals surface area (Å²) in [5, 5.41) is 8.01. The Kier molecular flexibility index (Phi) is 3.04. The van der Waals surface area contributed by atoms with Gasteiger partial charge in [-0.15, -0.1) is 11.3 Å². The number of aromatic amines is 1. The molecule has 96 valence electrons. The highest BCUT2D eigenvalue weighted by Gasteiger charge is 2.11. The summed E-state index contributed by atoms with van der Waals surface area (Å²) < 4.78 is 2.46. The second-order valence-corrected chi connectivity index (χ2v) is 5.73. The number of aromatic nitrogens is 4. The number of aryl methyl sites for hydroxylation is 1. The number of rotatable bonds is 2. The molecule has 19 heavy (non-hydrogen) atoms. The van der Waals surface area contributed by atoms with Gasteiger partial charge >= 0.3 is 0 Å². The predicted octanol–water partition coefficient (Wildman–Crippen LogP) is 3.58. The third kappa shape index (κ3) is 2.24. The first-order valence-electron chi connectivity index (χ1n) is 5.80. The van der Waals surface area contributed by atoms with E-state index in [1.165, 1.54) is 5.56 Å². The van der Waals surface area contributed by atoms with Crippen molar-refractivity contribution in [3.63, 3.8) is 0 Å². The summed E-state index contributed by atoms with van der Waals surface area (Å²) >= 11 is 6.74. The maximum atomic E-state index is 5.12. The molecule has 4 nitrogen and oxygen atoms in total. The number of H-pyrrole nitrogens is 1. The van der Waals surface area contributed by atoms with Crippen molar-refractivity contribution in [3.05, 3.63) is 40.8 Å². The molecule has 0 aliphatic carbocycles. The largest absolute Gasteiger partial charge is 0.303 e. The van der Waals surface area contributed by atoms with Crippen LogP contribution in [0.25, 0.3) is 21.3 Å². The summed E-state index contributed by atoms with van der Waals surface area (Å²) in [5.74, 6) is 0.821. The molecule has 1 N–H and O–H groups in total. The highest BCUT2D eigenvalue weighted by Crippen LogP contribution is 2.31. The highest BCUT2D eigenvalue weighted by atomic mass is 32.1. The molecular weight excluding hydrogens is 276 g/mol. The molecule has 6 heteroatoms. The maximum Gasteiger partial charge on any atom is 0.195 e. The smallest absolute Gasteiger partial charge is 0.195 e. The lowest BCUT2D eigenvalue weighted by Crippen LogP contribution is -1.89. The standard InChI is InChI=1S/C13H12N4S2/c1-8-4-3-5-9(6-8)12-14-7-10(19-12)11-15-16-13(18)17(11)2/h3-7H,1-2H3,(H,16,18). The molecule has 0 saturated carbocycles. The lowest BCUT2D eigenvalue weighted by atomic mass is 10.1. The quantitative estimate of drug-likeness (QED) is 0.733. The second-order valence-electron chi connectivity index (χ2n) is 4.31. The fraction of sp³-hybridized carbons (Fsp3) is 0.154. The van der Waals surface area contributed by atoms with E-state index >= 15 is 0 Å². The van der Waals surface area contributed by atoms with E-state index in [1.807, 2.05) is 23.9 Å². The molecule has 0 radical (unpaired) electrons. The van der Waals surface area contributed by atoms with E-state index in [0.717, 1.165) is 21.3 Å². The number of hydrogen-bond acceptors (Lipinski definition) is 4. The third-order valence-corrected chi connectivity index (χ3v) is 4.28. The van der Waals surface area contributed by atoms with Crippen molar-refractivity contribution in [1.29, 1.82) is 0 Å². The molecule has 3 aromatic rings. The van der Waals surface area contributed by atoms with Crippen LogP contribution in [0.4, 0.5) is 0 Å². The third-order valence-electron chi connectivity index (χ3n) is 2.87. The Hall–Kier alpha value is -1.79. The zero-order valence-corrected chi connectivity index (χ0v) is 12.2. The molecule has 0 bridgehead atoms. The minimum atomic E-state index is 0.612. The number of hydrogen-bond donors (Lipinski definition) is 1. The normalized spacial score (nSPS) is 10.8. The van der Waals surface area contributed by atoms with Crippen LogP contribution in [0.5, 0.6) is 0 Å². The first kappa shape index (κ1) is 12.3. The average Bonchev–Trinajstić information content (AvgIpc) is 2.98. The summed E-state index contributed by atoms with van der Waals surface area (Å²) in [5.41, 5.74) is 2.36. The van der Waals surface area contributed by atoms with Crippen LogP contribution in [-0.2, 0) is 7.05 Å². The van der Waals surface area contributed by atoms with E-state index in [2.05, 4.69) is 40.3 Å². The molecular formula is C13H12N4S2. The Morgan fingerprint density at radius 1 is 1.37 bits per heavy atom. The van der Waals surface area contributed by atoms with Crippen LogP contribution in [0, 0.1) is 11.7 Å². The Morgan fingerprint density at radius 3 is 2.89 bits per heavy atom. The van der Waals surface area contributed by atoms with Gasteiger partial charge in [-0.1, -0.05) is 23.8 Å². The van der Waals surface area contributed by atoms with Gasteiger partial charge < -0.3 is 4.57 Å². The zero-order chi connectivity index (χ0) is 13.4. The van der Waals surface area contributed by atoms with Gasteiger partial charge in [0.05, 0.1) is 4.88 Å². The molecule has 2 aromatic heterocycles.